The largest absolute Gasteiger partial charge is 0.378 e. The molecular formula is C12H24N2O2. The number of rotatable bonds is 5. The van der Waals surface area contributed by atoms with Gasteiger partial charge in [-0.25, -0.2) is 0 Å². The Balaban J connectivity index is 1.57. The first-order valence-corrected chi connectivity index (χ1v) is 6.41. The van der Waals surface area contributed by atoms with Crippen LogP contribution in [0.4, 0.5) is 0 Å². The van der Waals surface area contributed by atoms with Gasteiger partial charge in [-0.05, 0) is 13.8 Å². The summed E-state index contributed by atoms with van der Waals surface area (Å²) < 4.78 is 10.8. The van der Waals surface area contributed by atoms with E-state index in [2.05, 4.69) is 23.6 Å². The molecule has 0 bridgehead atoms. The van der Waals surface area contributed by atoms with Crippen LogP contribution in [0.3, 0.4) is 0 Å². The van der Waals surface area contributed by atoms with E-state index in [1.807, 2.05) is 0 Å². The van der Waals surface area contributed by atoms with Crippen LogP contribution in [0.2, 0.25) is 0 Å². The molecule has 0 aromatic heterocycles. The Labute approximate surface area is 98.5 Å². The van der Waals surface area contributed by atoms with Crippen molar-refractivity contribution < 1.29 is 9.47 Å². The van der Waals surface area contributed by atoms with E-state index in [4.69, 9.17) is 9.47 Å². The molecule has 0 amide bonds. The maximum absolute atomic E-state index is 5.58. The molecule has 2 fully saturated rings. The Kier molecular flexibility index (Phi) is 4.58. The molecule has 0 saturated carbocycles. The van der Waals surface area contributed by atoms with Crippen LogP contribution in [0.1, 0.15) is 13.8 Å². The van der Waals surface area contributed by atoms with Crippen molar-refractivity contribution >= 4 is 0 Å². The molecule has 0 N–H and O–H groups in total. The molecule has 2 aliphatic heterocycles. The van der Waals surface area contributed by atoms with E-state index in [1.165, 1.54) is 26.2 Å². The number of nitrogens with zero attached hydrogens (tertiary/aromatic N) is 2. The smallest absolute Gasteiger partial charge is 0.0645 e. The van der Waals surface area contributed by atoms with Gasteiger partial charge in [-0.15, -0.1) is 0 Å². The Morgan fingerprint density at radius 3 is 2.38 bits per heavy atom. The zero-order chi connectivity index (χ0) is 11.4. The molecule has 2 saturated heterocycles. The third-order valence-corrected chi connectivity index (χ3v) is 3.40. The highest BCUT2D eigenvalue weighted by molar-refractivity contribution is 4.82. The molecule has 2 rings (SSSR count). The monoisotopic (exact) mass is 228 g/mol. The number of hydrogen-bond donors (Lipinski definition) is 0. The van der Waals surface area contributed by atoms with Gasteiger partial charge in [-0.2, -0.15) is 0 Å². The molecule has 0 atom stereocenters. The Hall–Kier alpha value is -0.160. The lowest BCUT2D eigenvalue weighted by atomic mass is 10.2. The summed E-state index contributed by atoms with van der Waals surface area (Å²) in [6.07, 6.45) is 0.355. The zero-order valence-electron chi connectivity index (χ0n) is 10.5. The average molecular weight is 228 g/mol. The number of ether oxygens (including phenoxy) is 2. The first-order chi connectivity index (χ1) is 7.75. The summed E-state index contributed by atoms with van der Waals surface area (Å²) in [5.74, 6) is 0. The van der Waals surface area contributed by atoms with Crippen LogP contribution in [0.5, 0.6) is 0 Å². The van der Waals surface area contributed by atoms with E-state index in [-0.39, 0.29) is 0 Å². The van der Waals surface area contributed by atoms with Gasteiger partial charge in [0.25, 0.3) is 0 Å². The maximum atomic E-state index is 5.58. The summed E-state index contributed by atoms with van der Waals surface area (Å²) in [6.45, 7) is 12.7. The summed E-state index contributed by atoms with van der Waals surface area (Å²) >= 11 is 0. The minimum atomic E-state index is 0.355. The van der Waals surface area contributed by atoms with E-state index in [9.17, 15) is 0 Å². The third-order valence-electron chi connectivity index (χ3n) is 3.40. The van der Waals surface area contributed by atoms with E-state index < -0.39 is 0 Å². The van der Waals surface area contributed by atoms with Crippen LogP contribution >= 0.6 is 0 Å². The molecule has 94 valence electrons. The van der Waals surface area contributed by atoms with Crippen LogP contribution < -0.4 is 0 Å². The average Bonchev–Trinajstić information content (AvgIpc) is 2.17. The first-order valence-electron chi connectivity index (χ1n) is 6.41. The fourth-order valence-corrected chi connectivity index (χ4v) is 2.20. The second kappa shape index (κ2) is 5.96. The molecule has 4 nitrogen and oxygen atoms in total. The molecule has 0 spiro atoms. The van der Waals surface area contributed by atoms with Gasteiger partial charge in [0.1, 0.15) is 0 Å². The maximum Gasteiger partial charge on any atom is 0.0645 e. The quantitative estimate of drug-likeness (QED) is 0.681. The second-order valence-electron chi connectivity index (χ2n) is 4.99. The SMILES string of the molecule is CC(C)OCCN1CCN(C2COC2)CC1. The van der Waals surface area contributed by atoms with Crippen molar-refractivity contribution in [1.29, 1.82) is 0 Å². The molecular weight excluding hydrogens is 204 g/mol. The normalized spacial score (nSPS) is 24.9. The summed E-state index contributed by atoms with van der Waals surface area (Å²) in [6, 6.07) is 0.703. The van der Waals surface area contributed by atoms with E-state index in [1.54, 1.807) is 0 Å². The Morgan fingerprint density at radius 1 is 1.19 bits per heavy atom. The summed E-state index contributed by atoms with van der Waals surface area (Å²) in [4.78, 5) is 5.06. The van der Waals surface area contributed by atoms with Crippen molar-refractivity contribution in [2.24, 2.45) is 0 Å². The van der Waals surface area contributed by atoms with Gasteiger partial charge in [0.15, 0.2) is 0 Å². The van der Waals surface area contributed by atoms with Crippen LogP contribution in [0.15, 0.2) is 0 Å². The van der Waals surface area contributed by atoms with Gasteiger partial charge in [-0.3, -0.25) is 9.80 Å². The van der Waals surface area contributed by atoms with Crippen LogP contribution in [0.25, 0.3) is 0 Å². The van der Waals surface area contributed by atoms with Crippen molar-refractivity contribution in [3.05, 3.63) is 0 Å². The highest BCUT2D eigenvalue weighted by Crippen LogP contribution is 2.13. The summed E-state index contributed by atoms with van der Waals surface area (Å²) in [5, 5.41) is 0. The zero-order valence-corrected chi connectivity index (χ0v) is 10.5. The fourth-order valence-electron chi connectivity index (χ4n) is 2.20. The minimum Gasteiger partial charge on any atom is -0.378 e. The molecule has 4 heteroatoms. The van der Waals surface area contributed by atoms with Gasteiger partial charge in [0, 0.05) is 32.7 Å². The van der Waals surface area contributed by atoms with Crippen LogP contribution in [-0.2, 0) is 9.47 Å². The summed E-state index contributed by atoms with van der Waals surface area (Å²) in [5.41, 5.74) is 0. The van der Waals surface area contributed by atoms with Crippen molar-refractivity contribution in [1.82, 2.24) is 9.80 Å². The van der Waals surface area contributed by atoms with Crippen molar-refractivity contribution in [3.8, 4) is 0 Å². The molecule has 0 aliphatic carbocycles. The van der Waals surface area contributed by atoms with Gasteiger partial charge < -0.3 is 9.47 Å². The van der Waals surface area contributed by atoms with Crippen molar-refractivity contribution in [3.63, 3.8) is 0 Å². The molecule has 0 radical (unpaired) electrons. The predicted octanol–water partition coefficient (Wildman–Crippen LogP) is 0.428. The molecule has 0 aromatic rings. The van der Waals surface area contributed by atoms with Gasteiger partial charge in [-0.1, -0.05) is 0 Å². The van der Waals surface area contributed by atoms with E-state index >= 15 is 0 Å². The van der Waals surface area contributed by atoms with E-state index in [0.29, 0.717) is 12.1 Å². The van der Waals surface area contributed by atoms with Gasteiger partial charge >= 0.3 is 0 Å². The topological polar surface area (TPSA) is 24.9 Å². The lowest BCUT2D eigenvalue weighted by molar-refractivity contribution is -0.0783. The molecule has 16 heavy (non-hydrogen) atoms. The standard InChI is InChI=1S/C12H24N2O2/c1-11(2)16-8-7-13-3-5-14(6-4-13)12-9-15-10-12/h11-12H,3-10H2,1-2H3. The minimum absolute atomic E-state index is 0.355. The fraction of sp³-hybridized carbons (Fsp3) is 1.00. The molecule has 0 aromatic carbocycles. The molecule has 2 aliphatic rings. The highest BCUT2D eigenvalue weighted by Gasteiger charge is 2.28. The second-order valence-corrected chi connectivity index (χ2v) is 4.99. The highest BCUT2D eigenvalue weighted by atomic mass is 16.5. The van der Waals surface area contributed by atoms with Crippen LogP contribution in [-0.4, -0.2) is 74.5 Å². The third kappa shape index (κ3) is 3.42. The first kappa shape index (κ1) is 12.3. The summed E-state index contributed by atoms with van der Waals surface area (Å²) in [7, 11) is 0. The number of piperazine rings is 1. The lowest BCUT2D eigenvalue weighted by Gasteiger charge is -2.42. The van der Waals surface area contributed by atoms with Gasteiger partial charge in [0.2, 0.25) is 0 Å². The van der Waals surface area contributed by atoms with Gasteiger partial charge in [0.05, 0.1) is 32.0 Å². The van der Waals surface area contributed by atoms with Crippen molar-refractivity contribution in [2.75, 3.05) is 52.5 Å². The van der Waals surface area contributed by atoms with Crippen LogP contribution in [0, 0.1) is 0 Å². The predicted molar refractivity (Wildman–Crippen MR) is 63.7 cm³/mol. The Morgan fingerprint density at radius 2 is 1.88 bits per heavy atom. The van der Waals surface area contributed by atoms with E-state index in [0.717, 1.165) is 26.4 Å². The van der Waals surface area contributed by atoms with Crippen molar-refractivity contribution in [2.45, 2.75) is 26.0 Å². The molecule has 2 heterocycles. The molecule has 0 unspecified atom stereocenters. The Bertz CT molecular complexity index is 199. The lowest BCUT2D eigenvalue weighted by Crippen LogP contribution is -2.56. The number of hydrogen-bond acceptors (Lipinski definition) is 4.